The van der Waals surface area contributed by atoms with Gasteiger partial charge in [0.1, 0.15) is 0 Å². The van der Waals surface area contributed by atoms with Crippen molar-refractivity contribution in [2.45, 2.75) is 19.3 Å². The van der Waals surface area contributed by atoms with E-state index in [1.807, 2.05) is 49.3 Å². The molecule has 0 amide bonds. The Labute approximate surface area is 150 Å². The van der Waals surface area contributed by atoms with Crippen molar-refractivity contribution in [2.75, 3.05) is 20.7 Å². The van der Waals surface area contributed by atoms with Gasteiger partial charge in [-0.15, -0.1) is 0 Å². The smallest absolute Gasteiger partial charge is 0.422 e. The van der Waals surface area contributed by atoms with Gasteiger partial charge >= 0.3 is 6.18 Å². The predicted molar refractivity (Wildman–Crippen MR) is 93.9 cm³/mol. The van der Waals surface area contributed by atoms with Crippen LogP contribution in [-0.2, 0) is 13.1 Å². The number of benzene rings is 1. The van der Waals surface area contributed by atoms with Crippen LogP contribution in [0.25, 0.3) is 0 Å². The number of rotatable bonds is 6. The lowest BCUT2D eigenvalue weighted by atomic mass is 10.2. The van der Waals surface area contributed by atoms with Crippen molar-refractivity contribution in [3.8, 4) is 5.88 Å². The second kappa shape index (κ2) is 9.07. The number of guanidine groups is 1. The van der Waals surface area contributed by atoms with Crippen molar-refractivity contribution in [3.63, 3.8) is 0 Å². The molecular weight excluding hydrogens is 345 g/mol. The van der Waals surface area contributed by atoms with E-state index in [1.165, 1.54) is 12.3 Å². The number of aliphatic imine (C=N–C) groups is 1. The molecule has 0 spiro atoms. The first-order valence-electron chi connectivity index (χ1n) is 7.97. The highest BCUT2D eigenvalue weighted by Crippen LogP contribution is 2.17. The van der Waals surface area contributed by atoms with Crippen LogP contribution in [0.3, 0.4) is 0 Å². The maximum atomic E-state index is 12.1. The summed E-state index contributed by atoms with van der Waals surface area (Å²) in [5.41, 5.74) is 1.90. The third-order valence-electron chi connectivity index (χ3n) is 3.31. The molecule has 0 aliphatic carbocycles. The lowest BCUT2D eigenvalue weighted by Gasteiger charge is -2.17. The lowest BCUT2D eigenvalue weighted by Crippen LogP contribution is -2.36. The van der Waals surface area contributed by atoms with E-state index in [9.17, 15) is 13.2 Å². The molecule has 1 aromatic carbocycles. The van der Waals surface area contributed by atoms with Gasteiger partial charge in [0.2, 0.25) is 5.88 Å². The van der Waals surface area contributed by atoms with E-state index in [4.69, 9.17) is 0 Å². The van der Waals surface area contributed by atoms with Gasteiger partial charge in [0.05, 0.1) is 6.54 Å². The van der Waals surface area contributed by atoms with Crippen LogP contribution in [0.15, 0.2) is 53.7 Å². The van der Waals surface area contributed by atoms with Crippen LogP contribution >= 0.6 is 0 Å². The van der Waals surface area contributed by atoms with Gasteiger partial charge in [0.25, 0.3) is 0 Å². The van der Waals surface area contributed by atoms with E-state index in [2.05, 4.69) is 20.0 Å². The zero-order valence-electron chi connectivity index (χ0n) is 14.6. The van der Waals surface area contributed by atoms with Gasteiger partial charge < -0.3 is 15.0 Å². The quantitative estimate of drug-likeness (QED) is 0.630. The second-order valence-corrected chi connectivity index (χ2v) is 5.78. The average Bonchev–Trinajstić information content (AvgIpc) is 2.61. The van der Waals surface area contributed by atoms with Crippen molar-refractivity contribution in [3.05, 3.63) is 59.8 Å². The monoisotopic (exact) mass is 366 g/mol. The molecule has 0 aliphatic rings. The van der Waals surface area contributed by atoms with Gasteiger partial charge in [-0.1, -0.05) is 36.4 Å². The minimum Gasteiger partial charge on any atom is -0.468 e. The Morgan fingerprint density at radius 3 is 2.42 bits per heavy atom. The Morgan fingerprint density at radius 1 is 1.12 bits per heavy atom. The molecule has 5 nitrogen and oxygen atoms in total. The summed E-state index contributed by atoms with van der Waals surface area (Å²) in [6, 6.07) is 13.0. The van der Waals surface area contributed by atoms with E-state index in [0.717, 1.165) is 11.1 Å². The zero-order valence-corrected chi connectivity index (χ0v) is 14.6. The molecule has 0 atom stereocenters. The number of hydrogen-bond acceptors (Lipinski definition) is 3. The number of hydrogen-bond donors (Lipinski definition) is 1. The molecule has 0 unspecified atom stereocenters. The van der Waals surface area contributed by atoms with Crippen LogP contribution in [0.5, 0.6) is 5.88 Å². The van der Waals surface area contributed by atoms with Crippen molar-refractivity contribution in [1.82, 2.24) is 15.2 Å². The molecule has 8 heteroatoms. The topological polar surface area (TPSA) is 49.8 Å². The second-order valence-electron chi connectivity index (χ2n) is 5.78. The molecular formula is C18H21F3N4O. The van der Waals surface area contributed by atoms with Gasteiger partial charge in [-0.05, 0) is 11.1 Å². The Hall–Kier alpha value is -2.77. The van der Waals surface area contributed by atoms with Crippen LogP contribution in [0, 0.1) is 0 Å². The highest BCUT2D eigenvalue weighted by molar-refractivity contribution is 5.79. The maximum Gasteiger partial charge on any atom is 0.422 e. The molecule has 2 rings (SSSR count). The number of pyridine rings is 1. The Kier molecular flexibility index (Phi) is 6.82. The fraction of sp³-hybridized carbons (Fsp3) is 0.333. The summed E-state index contributed by atoms with van der Waals surface area (Å²) in [6.45, 7) is -0.367. The molecule has 0 radical (unpaired) electrons. The summed E-state index contributed by atoms with van der Waals surface area (Å²) >= 11 is 0. The fourth-order valence-electron chi connectivity index (χ4n) is 2.04. The molecule has 1 N–H and O–H groups in total. The highest BCUT2D eigenvalue weighted by atomic mass is 19.4. The van der Waals surface area contributed by atoms with Crippen LogP contribution < -0.4 is 10.1 Å². The van der Waals surface area contributed by atoms with E-state index in [-0.39, 0.29) is 5.88 Å². The molecule has 0 fully saturated rings. The van der Waals surface area contributed by atoms with Crippen LogP contribution in [0.4, 0.5) is 13.2 Å². The maximum absolute atomic E-state index is 12.1. The van der Waals surface area contributed by atoms with Gasteiger partial charge in [0.15, 0.2) is 12.6 Å². The van der Waals surface area contributed by atoms with E-state index in [0.29, 0.717) is 19.0 Å². The lowest BCUT2D eigenvalue weighted by molar-refractivity contribution is -0.154. The van der Waals surface area contributed by atoms with E-state index >= 15 is 0 Å². The Balaban J connectivity index is 1.92. The van der Waals surface area contributed by atoms with Gasteiger partial charge in [-0.2, -0.15) is 13.2 Å². The third kappa shape index (κ3) is 7.00. The molecule has 140 valence electrons. The van der Waals surface area contributed by atoms with Gasteiger partial charge in [0, 0.05) is 32.9 Å². The first kappa shape index (κ1) is 19.6. The molecule has 1 aromatic heterocycles. The summed E-state index contributed by atoms with van der Waals surface area (Å²) in [6.07, 6.45) is -2.92. The van der Waals surface area contributed by atoms with E-state index in [1.54, 1.807) is 6.07 Å². The Morgan fingerprint density at radius 2 is 1.85 bits per heavy atom. The first-order chi connectivity index (χ1) is 12.3. The summed E-state index contributed by atoms with van der Waals surface area (Å²) < 4.78 is 40.9. The van der Waals surface area contributed by atoms with Crippen LogP contribution in [-0.4, -0.2) is 42.7 Å². The predicted octanol–water partition coefficient (Wildman–Crippen LogP) is 3.23. The normalized spacial score (nSPS) is 12.0. The fourth-order valence-corrected chi connectivity index (χ4v) is 2.04. The van der Waals surface area contributed by atoms with Gasteiger partial charge in [-0.25, -0.2) is 9.98 Å². The standard InChI is InChI=1S/C18H21F3N4O/c1-25(2)17(23-10-14-6-4-3-5-7-14)24-12-15-8-9-16(22-11-15)26-13-18(19,20)21/h3-9,11H,10,12-13H2,1-2H3,(H,23,24). The number of ether oxygens (including phenoxy) is 1. The largest absolute Gasteiger partial charge is 0.468 e. The number of aromatic nitrogens is 1. The molecule has 0 bridgehead atoms. The third-order valence-corrected chi connectivity index (χ3v) is 3.31. The minimum absolute atomic E-state index is 0.0647. The van der Waals surface area contributed by atoms with Crippen molar-refractivity contribution in [1.29, 1.82) is 0 Å². The minimum atomic E-state index is -4.38. The summed E-state index contributed by atoms with van der Waals surface area (Å²) in [4.78, 5) is 10.2. The first-order valence-corrected chi connectivity index (χ1v) is 7.97. The molecule has 0 aliphatic heterocycles. The summed E-state index contributed by atoms with van der Waals surface area (Å²) in [7, 11) is 3.76. The van der Waals surface area contributed by atoms with Crippen molar-refractivity contribution in [2.24, 2.45) is 4.99 Å². The van der Waals surface area contributed by atoms with Crippen molar-refractivity contribution >= 4 is 5.96 Å². The SMILES string of the molecule is CN(C)C(=NCc1ccc(OCC(F)(F)F)nc1)NCc1ccccc1. The molecule has 26 heavy (non-hydrogen) atoms. The zero-order chi connectivity index (χ0) is 19.0. The molecule has 2 aromatic rings. The molecule has 0 saturated carbocycles. The molecule has 0 saturated heterocycles. The average molecular weight is 366 g/mol. The van der Waals surface area contributed by atoms with E-state index < -0.39 is 12.8 Å². The molecule has 1 heterocycles. The number of nitrogens with zero attached hydrogens (tertiary/aromatic N) is 3. The van der Waals surface area contributed by atoms with Crippen LogP contribution in [0.1, 0.15) is 11.1 Å². The number of halogens is 3. The van der Waals surface area contributed by atoms with Crippen LogP contribution in [0.2, 0.25) is 0 Å². The Bertz CT molecular complexity index is 701. The number of nitrogens with one attached hydrogen (secondary N) is 1. The number of alkyl halides is 3. The van der Waals surface area contributed by atoms with Gasteiger partial charge in [-0.3, -0.25) is 0 Å². The highest BCUT2D eigenvalue weighted by Gasteiger charge is 2.28. The van der Waals surface area contributed by atoms with Crippen molar-refractivity contribution < 1.29 is 17.9 Å². The summed E-state index contributed by atoms with van der Waals surface area (Å²) in [5.74, 6) is 0.636. The summed E-state index contributed by atoms with van der Waals surface area (Å²) in [5, 5.41) is 3.26.